The average Bonchev–Trinajstić information content (AvgIpc) is 2.46. The summed E-state index contributed by atoms with van der Waals surface area (Å²) in [6, 6.07) is 14.1. The maximum atomic E-state index is 5.87. The van der Waals surface area contributed by atoms with Crippen molar-refractivity contribution in [2.24, 2.45) is 0 Å². The summed E-state index contributed by atoms with van der Waals surface area (Å²) in [6.07, 6.45) is 0.951. The first-order chi connectivity index (χ1) is 9.24. The number of methoxy groups -OCH3 is 1. The van der Waals surface area contributed by atoms with Crippen molar-refractivity contribution in [3.63, 3.8) is 0 Å². The molecule has 0 aliphatic carbocycles. The standard InChI is InChI=1S/C16H17BrO2/c1-3-13-9-16(15(18-2)10-14(13)17)19-11-12-7-5-4-6-8-12/h4-10H,3,11H2,1-2H3. The fraction of sp³-hybridized carbons (Fsp3) is 0.250. The number of rotatable bonds is 5. The minimum atomic E-state index is 0.544. The molecule has 3 heteroatoms. The van der Waals surface area contributed by atoms with E-state index in [0.717, 1.165) is 28.0 Å². The highest BCUT2D eigenvalue weighted by Crippen LogP contribution is 2.34. The zero-order chi connectivity index (χ0) is 13.7. The molecule has 0 bridgehead atoms. The molecular weight excluding hydrogens is 304 g/mol. The van der Waals surface area contributed by atoms with E-state index < -0.39 is 0 Å². The Kier molecular flexibility index (Phi) is 4.86. The van der Waals surface area contributed by atoms with Gasteiger partial charge < -0.3 is 9.47 Å². The summed E-state index contributed by atoms with van der Waals surface area (Å²) in [6.45, 7) is 2.66. The van der Waals surface area contributed by atoms with Gasteiger partial charge in [-0.15, -0.1) is 0 Å². The molecule has 2 nitrogen and oxygen atoms in total. The first-order valence-corrected chi connectivity index (χ1v) is 7.07. The molecule has 0 fully saturated rings. The van der Waals surface area contributed by atoms with Crippen molar-refractivity contribution in [2.45, 2.75) is 20.0 Å². The predicted octanol–water partition coefficient (Wildman–Crippen LogP) is 4.60. The second-order valence-corrected chi connectivity index (χ2v) is 5.08. The molecule has 0 amide bonds. The number of halogens is 1. The summed E-state index contributed by atoms with van der Waals surface area (Å²) in [5, 5.41) is 0. The molecule has 0 unspecified atom stereocenters. The van der Waals surface area contributed by atoms with Gasteiger partial charge in [-0.3, -0.25) is 0 Å². The van der Waals surface area contributed by atoms with Crippen LogP contribution in [0.25, 0.3) is 0 Å². The van der Waals surface area contributed by atoms with Crippen LogP contribution in [0.1, 0.15) is 18.1 Å². The molecule has 0 radical (unpaired) electrons. The summed E-state index contributed by atoms with van der Waals surface area (Å²) in [7, 11) is 1.66. The van der Waals surface area contributed by atoms with Gasteiger partial charge >= 0.3 is 0 Å². The van der Waals surface area contributed by atoms with E-state index >= 15 is 0 Å². The summed E-state index contributed by atoms with van der Waals surface area (Å²) >= 11 is 3.54. The Morgan fingerprint density at radius 3 is 2.42 bits per heavy atom. The molecular formula is C16H17BrO2. The van der Waals surface area contributed by atoms with Crippen LogP contribution >= 0.6 is 15.9 Å². The maximum absolute atomic E-state index is 5.87. The van der Waals surface area contributed by atoms with Crippen molar-refractivity contribution in [1.29, 1.82) is 0 Å². The number of hydrogen-bond acceptors (Lipinski definition) is 2. The van der Waals surface area contributed by atoms with Gasteiger partial charge in [-0.25, -0.2) is 0 Å². The van der Waals surface area contributed by atoms with E-state index in [1.807, 2.05) is 42.5 Å². The third kappa shape index (κ3) is 3.51. The van der Waals surface area contributed by atoms with E-state index in [0.29, 0.717) is 6.61 Å². The third-order valence-electron chi connectivity index (χ3n) is 2.95. The number of ether oxygens (including phenoxy) is 2. The number of aryl methyl sites for hydroxylation is 1. The van der Waals surface area contributed by atoms with Crippen molar-refractivity contribution in [3.05, 3.63) is 58.1 Å². The molecule has 2 aromatic carbocycles. The van der Waals surface area contributed by atoms with E-state index in [4.69, 9.17) is 9.47 Å². The van der Waals surface area contributed by atoms with E-state index in [1.54, 1.807) is 7.11 Å². The van der Waals surface area contributed by atoms with Gasteiger partial charge in [0.15, 0.2) is 11.5 Å². The molecule has 0 heterocycles. The van der Waals surface area contributed by atoms with Crippen molar-refractivity contribution in [3.8, 4) is 11.5 Å². The van der Waals surface area contributed by atoms with Crippen LogP contribution in [0.2, 0.25) is 0 Å². The normalized spacial score (nSPS) is 10.3. The SMILES string of the molecule is CCc1cc(OCc2ccccc2)c(OC)cc1Br. The second-order valence-electron chi connectivity index (χ2n) is 4.22. The molecule has 0 aliphatic heterocycles. The topological polar surface area (TPSA) is 18.5 Å². The van der Waals surface area contributed by atoms with E-state index in [-0.39, 0.29) is 0 Å². The van der Waals surface area contributed by atoms with Crippen molar-refractivity contribution >= 4 is 15.9 Å². The van der Waals surface area contributed by atoms with E-state index in [1.165, 1.54) is 5.56 Å². The predicted molar refractivity (Wildman–Crippen MR) is 80.8 cm³/mol. The first kappa shape index (κ1) is 13.9. The maximum Gasteiger partial charge on any atom is 0.162 e. The Morgan fingerprint density at radius 1 is 1.05 bits per heavy atom. The zero-order valence-electron chi connectivity index (χ0n) is 11.2. The van der Waals surface area contributed by atoms with Gasteiger partial charge in [-0.05, 0) is 29.7 Å². The van der Waals surface area contributed by atoms with E-state index in [9.17, 15) is 0 Å². The molecule has 0 aromatic heterocycles. The molecule has 0 atom stereocenters. The lowest BCUT2D eigenvalue weighted by molar-refractivity contribution is 0.284. The quantitative estimate of drug-likeness (QED) is 0.801. The van der Waals surface area contributed by atoms with Crippen LogP contribution < -0.4 is 9.47 Å². The third-order valence-corrected chi connectivity index (χ3v) is 3.69. The van der Waals surface area contributed by atoms with Crippen LogP contribution in [0.4, 0.5) is 0 Å². The second kappa shape index (κ2) is 6.62. The lowest BCUT2D eigenvalue weighted by atomic mass is 10.1. The van der Waals surface area contributed by atoms with Gasteiger partial charge in [-0.2, -0.15) is 0 Å². The lowest BCUT2D eigenvalue weighted by Crippen LogP contribution is -1.99. The fourth-order valence-corrected chi connectivity index (χ4v) is 2.46. The molecule has 0 spiro atoms. The molecule has 0 N–H and O–H groups in total. The van der Waals surface area contributed by atoms with Gasteiger partial charge in [0, 0.05) is 4.47 Å². The molecule has 19 heavy (non-hydrogen) atoms. The summed E-state index contributed by atoms with van der Waals surface area (Å²) in [4.78, 5) is 0. The van der Waals surface area contributed by atoms with Crippen LogP contribution in [0.3, 0.4) is 0 Å². The Labute approximate surface area is 122 Å². The van der Waals surface area contributed by atoms with Crippen LogP contribution in [-0.2, 0) is 13.0 Å². The molecule has 0 saturated heterocycles. The highest BCUT2D eigenvalue weighted by Gasteiger charge is 2.09. The molecule has 0 saturated carbocycles. The molecule has 2 aromatic rings. The van der Waals surface area contributed by atoms with Crippen molar-refractivity contribution in [2.75, 3.05) is 7.11 Å². The van der Waals surface area contributed by atoms with Crippen LogP contribution in [0, 0.1) is 0 Å². The minimum Gasteiger partial charge on any atom is -0.493 e. The van der Waals surface area contributed by atoms with Gasteiger partial charge in [0.05, 0.1) is 7.11 Å². The minimum absolute atomic E-state index is 0.544. The monoisotopic (exact) mass is 320 g/mol. The van der Waals surface area contributed by atoms with E-state index in [2.05, 4.69) is 22.9 Å². The Balaban J connectivity index is 2.19. The van der Waals surface area contributed by atoms with Crippen LogP contribution in [0.15, 0.2) is 46.9 Å². The largest absolute Gasteiger partial charge is 0.493 e. The summed E-state index contributed by atoms with van der Waals surface area (Å²) < 4.78 is 12.3. The molecule has 100 valence electrons. The van der Waals surface area contributed by atoms with Crippen molar-refractivity contribution < 1.29 is 9.47 Å². The smallest absolute Gasteiger partial charge is 0.162 e. The average molecular weight is 321 g/mol. The van der Waals surface area contributed by atoms with Gasteiger partial charge in [0.25, 0.3) is 0 Å². The fourth-order valence-electron chi connectivity index (χ4n) is 1.86. The highest BCUT2D eigenvalue weighted by atomic mass is 79.9. The lowest BCUT2D eigenvalue weighted by Gasteiger charge is -2.13. The Hall–Kier alpha value is -1.48. The number of hydrogen-bond donors (Lipinski definition) is 0. The first-order valence-electron chi connectivity index (χ1n) is 6.27. The highest BCUT2D eigenvalue weighted by molar-refractivity contribution is 9.10. The van der Waals surface area contributed by atoms with Gasteiger partial charge in [0.2, 0.25) is 0 Å². The summed E-state index contributed by atoms with van der Waals surface area (Å²) in [5.74, 6) is 1.53. The molecule has 0 aliphatic rings. The Bertz CT molecular complexity index is 538. The summed E-state index contributed by atoms with van der Waals surface area (Å²) in [5.41, 5.74) is 2.36. The van der Waals surface area contributed by atoms with Crippen LogP contribution in [-0.4, -0.2) is 7.11 Å². The van der Waals surface area contributed by atoms with Crippen molar-refractivity contribution in [1.82, 2.24) is 0 Å². The van der Waals surface area contributed by atoms with Gasteiger partial charge in [0.1, 0.15) is 6.61 Å². The molecule has 2 rings (SSSR count). The number of benzene rings is 2. The van der Waals surface area contributed by atoms with Gasteiger partial charge in [-0.1, -0.05) is 53.2 Å². The Morgan fingerprint density at radius 2 is 1.79 bits per heavy atom. The van der Waals surface area contributed by atoms with Crippen LogP contribution in [0.5, 0.6) is 11.5 Å². The zero-order valence-corrected chi connectivity index (χ0v) is 12.7.